The van der Waals surface area contributed by atoms with Crippen molar-refractivity contribution in [2.24, 2.45) is 5.73 Å². The van der Waals surface area contributed by atoms with Crippen molar-refractivity contribution in [2.75, 3.05) is 0 Å². The molecule has 5 nitrogen and oxygen atoms in total. The molecule has 1 aliphatic heterocycles. The summed E-state index contributed by atoms with van der Waals surface area (Å²) in [5, 5.41) is 2.83. The average Bonchev–Trinajstić information content (AvgIpc) is 2.60. The monoisotopic (exact) mass is 263 g/mol. The number of carbonyl (C=O) groups is 2. The highest BCUT2D eigenvalue weighted by Gasteiger charge is 2.39. The summed E-state index contributed by atoms with van der Waals surface area (Å²) in [5.41, 5.74) is 6.25. The van der Waals surface area contributed by atoms with E-state index in [2.05, 4.69) is 5.32 Å². The first kappa shape index (κ1) is 12.5. The highest BCUT2D eigenvalue weighted by Crippen LogP contribution is 2.24. The lowest BCUT2D eigenvalue weighted by atomic mass is 10.1. The van der Waals surface area contributed by atoms with E-state index in [-0.39, 0.29) is 16.9 Å². The third kappa shape index (κ3) is 1.95. The van der Waals surface area contributed by atoms with Crippen LogP contribution in [0.25, 0.3) is 0 Å². The molecular formula is C12H13N3O2S. The van der Waals surface area contributed by atoms with Crippen LogP contribution in [0.15, 0.2) is 24.3 Å². The van der Waals surface area contributed by atoms with Crippen LogP contribution in [-0.2, 0) is 0 Å². The molecule has 0 spiro atoms. The standard InChI is InChI=1S/C12H13N3O2S/c1-2-9(14-12(13)18)15-10(16)7-5-3-4-6-8(7)11(15)17/h3-6,9H,2H2,1H3,(H3,13,14,18). The van der Waals surface area contributed by atoms with E-state index in [0.29, 0.717) is 17.5 Å². The third-order valence-corrected chi connectivity index (χ3v) is 2.95. The van der Waals surface area contributed by atoms with Gasteiger partial charge in [0, 0.05) is 0 Å². The summed E-state index contributed by atoms with van der Waals surface area (Å²) in [5.74, 6) is -0.627. The number of amides is 2. The average molecular weight is 263 g/mol. The molecule has 1 aromatic rings. The molecule has 0 aliphatic carbocycles. The molecule has 0 aromatic heterocycles. The van der Waals surface area contributed by atoms with Crippen LogP contribution in [0.2, 0.25) is 0 Å². The normalized spacial score (nSPS) is 15.5. The summed E-state index contributed by atoms with van der Waals surface area (Å²) < 4.78 is 0. The van der Waals surface area contributed by atoms with E-state index in [0.717, 1.165) is 0 Å². The van der Waals surface area contributed by atoms with Gasteiger partial charge in [-0.3, -0.25) is 14.5 Å². The molecule has 94 valence electrons. The van der Waals surface area contributed by atoms with Gasteiger partial charge in [-0.15, -0.1) is 0 Å². The second kappa shape index (κ2) is 4.73. The molecule has 18 heavy (non-hydrogen) atoms. The Kier molecular flexibility index (Phi) is 3.29. The van der Waals surface area contributed by atoms with Gasteiger partial charge in [0.2, 0.25) is 0 Å². The van der Waals surface area contributed by atoms with Gasteiger partial charge in [0.1, 0.15) is 6.17 Å². The second-order valence-electron chi connectivity index (χ2n) is 3.96. The fourth-order valence-electron chi connectivity index (χ4n) is 2.00. The van der Waals surface area contributed by atoms with E-state index in [1.54, 1.807) is 24.3 Å². The number of nitrogens with two attached hydrogens (primary N) is 1. The first-order valence-corrected chi connectivity index (χ1v) is 6.00. The molecule has 1 atom stereocenters. The van der Waals surface area contributed by atoms with Crippen LogP contribution < -0.4 is 11.1 Å². The molecular weight excluding hydrogens is 250 g/mol. The molecule has 2 rings (SSSR count). The van der Waals surface area contributed by atoms with Crippen LogP contribution >= 0.6 is 12.2 Å². The number of carbonyl (C=O) groups excluding carboxylic acids is 2. The summed E-state index contributed by atoms with van der Waals surface area (Å²) in [7, 11) is 0. The minimum atomic E-state index is -0.505. The number of thiocarbonyl (C=S) groups is 1. The molecule has 1 aromatic carbocycles. The van der Waals surface area contributed by atoms with E-state index >= 15 is 0 Å². The highest BCUT2D eigenvalue weighted by atomic mass is 32.1. The molecule has 0 bridgehead atoms. The Balaban J connectivity index is 2.35. The Morgan fingerprint density at radius 2 is 1.83 bits per heavy atom. The smallest absolute Gasteiger partial charge is 0.263 e. The first-order chi connectivity index (χ1) is 8.56. The van der Waals surface area contributed by atoms with Gasteiger partial charge in [-0.2, -0.15) is 0 Å². The molecule has 0 radical (unpaired) electrons. The summed E-state index contributed by atoms with van der Waals surface area (Å²) >= 11 is 4.75. The van der Waals surface area contributed by atoms with Crippen molar-refractivity contribution in [2.45, 2.75) is 19.5 Å². The topological polar surface area (TPSA) is 75.4 Å². The number of hydrogen-bond donors (Lipinski definition) is 2. The fourth-order valence-corrected chi connectivity index (χ4v) is 2.14. The maximum Gasteiger partial charge on any atom is 0.263 e. The molecule has 1 unspecified atom stereocenters. The largest absolute Gasteiger partial charge is 0.376 e. The van der Waals surface area contributed by atoms with Gasteiger partial charge < -0.3 is 11.1 Å². The molecule has 1 aliphatic rings. The van der Waals surface area contributed by atoms with Gasteiger partial charge >= 0.3 is 0 Å². The van der Waals surface area contributed by atoms with Crippen LogP contribution in [-0.4, -0.2) is 28.0 Å². The summed E-state index contributed by atoms with van der Waals surface area (Å²) in [6.07, 6.45) is 0.0258. The molecule has 0 saturated heterocycles. The SMILES string of the molecule is CCC(NC(N)=S)N1C(=O)c2ccccc2C1=O. The fraction of sp³-hybridized carbons (Fsp3) is 0.250. The van der Waals surface area contributed by atoms with Gasteiger partial charge in [-0.25, -0.2) is 0 Å². The maximum absolute atomic E-state index is 12.2. The minimum absolute atomic E-state index is 0.0680. The van der Waals surface area contributed by atoms with Gasteiger partial charge in [0.15, 0.2) is 5.11 Å². The quantitative estimate of drug-likeness (QED) is 0.624. The molecule has 2 amide bonds. The van der Waals surface area contributed by atoms with Crippen molar-refractivity contribution in [3.8, 4) is 0 Å². The lowest BCUT2D eigenvalue weighted by Crippen LogP contribution is -2.51. The van der Waals surface area contributed by atoms with Crippen LogP contribution in [0, 0.1) is 0 Å². The predicted molar refractivity (Wildman–Crippen MR) is 70.9 cm³/mol. The number of hydrogen-bond acceptors (Lipinski definition) is 3. The Labute approximate surface area is 110 Å². The lowest BCUT2D eigenvalue weighted by molar-refractivity contribution is 0.0567. The van der Waals surface area contributed by atoms with Crippen molar-refractivity contribution < 1.29 is 9.59 Å². The zero-order valence-electron chi connectivity index (χ0n) is 9.84. The van der Waals surface area contributed by atoms with Crippen LogP contribution in [0.1, 0.15) is 34.1 Å². The minimum Gasteiger partial charge on any atom is -0.376 e. The predicted octanol–water partition coefficient (Wildman–Crippen LogP) is 0.852. The van der Waals surface area contributed by atoms with Crippen LogP contribution in [0.5, 0.6) is 0 Å². The lowest BCUT2D eigenvalue weighted by Gasteiger charge is -2.26. The molecule has 1 heterocycles. The van der Waals surface area contributed by atoms with E-state index in [9.17, 15) is 9.59 Å². The molecule has 0 fully saturated rings. The number of nitrogens with zero attached hydrogens (tertiary/aromatic N) is 1. The molecule has 0 saturated carbocycles. The van der Waals surface area contributed by atoms with Crippen LogP contribution in [0.4, 0.5) is 0 Å². The Hall–Kier alpha value is -1.95. The van der Waals surface area contributed by atoms with Crippen molar-refractivity contribution in [1.82, 2.24) is 10.2 Å². The van der Waals surface area contributed by atoms with Gasteiger partial charge in [-0.05, 0) is 30.8 Å². The molecule has 6 heteroatoms. The number of nitrogens with one attached hydrogen (secondary N) is 1. The van der Waals surface area contributed by atoms with Crippen molar-refractivity contribution in [3.05, 3.63) is 35.4 Å². The Bertz CT molecular complexity index is 495. The second-order valence-corrected chi connectivity index (χ2v) is 4.40. The van der Waals surface area contributed by atoms with Gasteiger partial charge in [0.25, 0.3) is 11.8 Å². The van der Waals surface area contributed by atoms with E-state index < -0.39 is 6.17 Å². The highest BCUT2D eigenvalue weighted by molar-refractivity contribution is 7.80. The van der Waals surface area contributed by atoms with Crippen LogP contribution in [0.3, 0.4) is 0 Å². The number of benzene rings is 1. The van der Waals surface area contributed by atoms with E-state index in [1.807, 2.05) is 6.92 Å². The first-order valence-electron chi connectivity index (χ1n) is 5.59. The van der Waals surface area contributed by atoms with Crippen molar-refractivity contribution >= 4 is 29.1 Å². The zero-order valence-corrected chi connectivity index (χ0v) is 10.7. The molecule has 3 N–H and O–H groups in total. The number of imide groups is 1. The zero-order chi connectivity index (χ0) is 13.3. The van der Waals surface area contributed by atoms with Gasteiger partial charge in [0.05, 0.1) is 11.1 Å². The van der Waals surface area contributed by atoms with Crippen molar-refractivity contribution in [3.63, 3.8) is 0 Å². The third-order valence-electron chi connectivity index (χ3n) is 2.83. The van der Waals surface area contributed by atoms with Gasteiger partial charge in [-0.1, -0.05) is 19.1 Å². The summed E-state index contributed by atoms with van der Waals surface area (Å²) in [6.45, 7) is 1.85. The van der Waals surface area contributed by atoms with Crippen molar-refractivity contribution in [1.29, 1.82) is 0 Å². The Morgan fingerprint density at radius 3 is 2.22 bits per heavy atom. The number of fused-ring (bicyclic) bond motifs is 1. The van der Waals surface area contributed by atoms with E-state index in [4.69, 9.17) is 18.0 Å². The number of rotatable bonds is 3. The maximum atomic E-state index is 12.2. The Morgan fingerprint density at radius 1 is 1.33 bits per heavy atom. The summed E-state index contributed by atoms with van der Waals surface area (Å²) in [6, 6.07) is 6.75. The summed E-state index contributed by atoms with van der Waals surface area (Å²) in [4.78, 5) is 25.5. The van der Waals surface area contributed by atoms with E-state index in [1.165, 1.54) is 4.90 Å².